The van der Waals surface area contributed by atoms with Crippen LogP contribution in [0.1, 0.15) is 22.3 Å². The maximum absolute atomic E-state index is 12.1. The van der Waals surface area contributed by atoms with Crippen molar-refractivity contribution in [3.8, 4) is 5.88 Å². The molecule has 2 aromatic rings. The Morgan fingerprint density at radius 2 is 2.39 bits per heavy atom. The smallest absolute Gasteiger partial charge is 0.253 e. The van der Waals surface area contributed by atoms with E-state index in [1.165, 1.54) is 6.20 Å². The summed E-state index contributed by atoms with van der Waals surface area (Å²) in [4.78, 5) is 20.3. The molecule has 6 nitrogen and oxygen atoms in total. The summed E-state index contributed by atoms with van der Waals surface area (Å²) in [6.07, 6.45) is 5.61. The van der Waals surface area contributed by atoms with Gasteiger partial charge in [0.05, 0.1) is 18.8 Å². The van der Waals surface area contributed by atoms with Gasteiger partial charge in [-0.3, -0.25) is 9.78 Å². The van der Waals surface area contributed by atoms with Crippen molar-refractivity contribution in [3.63, 3.8) is 0 Å². The van der Waals surface area contributed by atoms with Gasteiger partial charge in [0.25, 0.3) is 5.91 Å². The Hall–Kier alpha value is -2.18. The lowest BCUT2D eigenvalue weighted by atomic mass is 10.2. The Bertz CT molecular complexity index is 676. The van der Waals surface area contributed by atoms with Crippen molar-refractivity contribution in [2.24, 2.45) is 0 Å². The predicted molar refractivity (Wildman–Crippen MR) is 84.5 cm³/mol. The fourth-order valence-corrected chi connectivity index (χ4v) is 2.40. The van der Waals surface area contributed by atoms with Crippen molar-refractivity contribution in [2.75, 3.05) is 13.2 Å². The van der Waals surface area contributed by atoms with Crippen molar-refractivity contribution in [2.45, 2.75) is 19.1 Å². The minimum absolute atomic E-state index is 0.0368. The molecule has 2 aromatic heterocycles. The average Bonchev–Trinajstić information content (AvgIpc) is 3.08. The van der Waals surface area contributed by atoms with Crippen LogP contribution in [-0.2, 0) is 11.3 Å². The molecule has 3 heterocycles. The molecule has 1 saturated heterocycles. The van der Waals surface area contributed by atoms with E-state index in [1.807, 2.05) is 12.1 Å². The van der Waals surface area contributed by atoms with Crippen molar-refractivity contribution < 1.29 is 14.3 Å². The van der Waals surface area contributed by atoms with Gasteiger partial charge in [-0.1, -0.05) is 17.7 Å². The molecule has 7 heteroatoms. The quantitative estimate of drug-likeness (QED) is 0.908. The van der Waals surface area contributed by atoms with E-state index in [0.29, 0.717) is 36.2 Å². The van der Waals surface area contributed by atoms with Crippen LogP contribution in [0.3, 0.4) is 0 Å². The summed E-state index contributed by atoms with van der Waals surface area (Å²) in [7, 11) is 0. The van der Waals surface area contributed by atoms with Gasteiger partial charge in [-0.15, -0.1) is 0 Å². The van der Waals surface area contributed by atoms with Crippen LogP contribution < -0.4 is 10.1 Å². The summed E-state index contributed by atoms with van der Waals surface area (Å²) in [5.74, 6) is 0.0741. The molecule has 120 valence electrons. The van der Waals surface area contributed by atoms with Crippen LogP contribution in [0.25, 0.3) is 0 Å². The first-order chi connectivity index (χ1) is 11.2. The zero-order valence-electron chi connectivity index (χ0n) is 12.4. The molecule has 1 amide bonds. The molecule has 1 N–H and O–H groups in total. The molecule has 0 aliphatic carbocycles. The summed E-state index contributed by atoms with van der Waals surface area (Å²) in [5.41, 5.74) is 1.30. The first-order valence-corrected chi connectivity index (χ1v) is 7.67. The van der Waals surface area contributed by atoms with Crippen LogP contribution in [-0.4, -0.2) is 35.2 Å². The number of rotatable bonds is 5. The zero-order valence-corrected chi connectivity index (χ0v) is 13.1. The van der Waals surface area contributed by atoms with Crippen LogP contribution >= 0.6 is 11.6 Å². The van der Waals surface area contributed by atoms with Crippen LogP contribution in [0, 0.1) is 0 Å². The number of nitrogens with zero attached hydrogens (tertiary/aromatic N) is 2. The molecule has 0 aromatic carbocycles. The van der Waals surface area contributed by atoms with Gasteiger partial charge in [-0.25, -0.2) is 4.98 Å². The van der Waals surface area contributed by atoms with Crippen LogP contribution in [0.15, 0.2) is 36.8 Å². The molecule has 0 saturated carbocycles. The molecule has 1 atom stereocenters. The lowest BCUT2D eigenvalue weighted by Crippen LogP contribution is -2.23. The number of halogens is 1. The molecular formula is C16H16ClN3O3. The minimum atomic E-state index is -0.251. The van der Waals surface area contributed by atoms with Gasteiger partial charge >= 0.3 is 0 Å². The summed E-state index contributed by atoms with van der Waals surface area (Å²) in [6, 6.07) is 5.26. The highest BCUT2D eigenvalue weighted by atomic mass is 35.5. The third-order valence-corrected chi connectivity index (χ3v) is 3.68. The Morgan fingerprint density at radius 1 is 1.48 bits per heavy atom. The lowest BCUT2D eigenvalue weighted by molar-refractivity contribution is 0.0950. The van der Waals surface area contributed by atoms with Gasteiger partial charge in [0.15, 0.2) is 0 Å². The first kappa shape index (κ1) is 15.7. The Balaban J connectivity index is 1.61. The number of carbonyl (C=O) groups excluding carboxylic acids is 1. The largest absolute Gasteiger partial charge is 0.471 e. The molecule has 0 spiro atoms. The van der Waals surface area contributed by atoms with E-state index in [2.05, 4.69) is 15.3 Å². The number of aromatic nitrogens is 2. The lowest BCUT2D eigenvalue weighted by Gasteiger charge is -2.12. The highest BCUT2D eigenvalue weighted by Crippen LogP contribution is 2.25. The zero-order chi connectivity index (χ0) is 16.1. The third-order valence-electron chi connectivity index (χ3n) is 3.41. The maximum atomic E-state index is 12.1. The number of amides is 1. The normalized spacial score (nSPS) is 17.0. The van der Waals surface area contributed by atoms with Crippen molar-refractivity contribution in [1.29, 1.82) is 0 Å². The van der Waals surface area contributed by atoms with E-state index < -0.39 is 0 Å². The van der Waals surface area contributed by atoms with Crippen LogP contribution in [0.4, 0.5) is 0 Å². The molecule has 0 bridgehead atoms. The van der Waals surface area contributed by atoms with Gasteiger partial charge in [-0.05, 0) is 17.7 Å². The summed E-state index contributed by atoms with van der Waals surface area (Å²) < 4.78 is 10.9. The monoisotopic (exact) mass is 333 g/mol. The Morgan fingerprint density at radius 3 is 3.09 bits per heavy atom. The standard InChI is InChI=1S/C16H16ClN3O3/c17-14-6-12(9-20-16(14)23-13-3-5-22-10-13)15(21)19-8-11-2-1-4-18-7-11/h1-2,4,6-7,9,13H,3,5,8,10H2,(H,19,21). The molecule has 1 unspecified atom stereocenters. The fraction of sp³-hybridized carbons (Fsp3) is 0.312. The second-order valence-electron chi connectivity index (χ2n) is 5.16. The Labute approximate surface area is 138 Å². The molecule has 1 fully saturated rings. The topological polar surface area (TPSA) is 73.3 Å². The van der Waals surface area contributed by atoms with E-state index in [0.717, 1.165) is 12.0 Å². The highest BCUT2D eigenvalue weighted by Gasteiger charge is 2.20. The first-order valence-electron chi connectivity index (χ1n) is 7.29. The Kier molecular flexibility index (Phi) is 5.05. The van der Waals surface area contributed by atoms with Gasteiger partial charge in [0, 0.05) is 31.6 Å². The third kappa shape index (κ3) is 4.18. The highest BCUT2D eigenvalue weighted by molar-refractivity contribution is 6.32. The van der Waals surface area contributed by atoms with Crippen molar-refractivity contribution in [3.05, 3.63) is 52.9 Å². The molecule has 1 aliphatic rings. The second kappa shape index (κ2) is 7.39. The number of pyridine rings is 2. The second-order valence-corrected chi connectivity index (χ2v) is 5.57. The van der Waals surface area contributed by atoms with E-state index in [9.17, 15) is 4.79 Å². The van der Waals surface area contributed by atoms with E-state index in [4.69, 9.17) is 21.1 Å². The maximum Gasteiger partial charge on any atom is 0.253 e. The molecular weight excluding hydrogens is 318 g/mol. The van der Waals surface area contributed by atoms with E-state index in [1.54, 1.807) is 18.5 Å². The number of nitrogens with one attached hydrogen (secondary N) is 1. The predicted octanol–water partition coefficient (Wildman–Crippen LogP) is 2.23. The van der Waals surface area contributed by atoms with Gasteiger partial charge < -0.3 is 14.8 Å². The van der Waals surface area contributed by atoms with Crippen LogP contribution in [0.5, 0.6) is 5.88 Å². The molecule has 23 heavy (non-hydrogen) atoms. The minimum Gasteiger partial charge on any atom is -0.471 e. The summed E-state index contributed by atoms with van der Waals surface area (Å²) >= 11 is 6.15. The molecule has 0 radical (unpaired) electrons. The average molecular weight is 334 g/mol. The van der Waals surface area contributed by atoms with Crippen molar-refractivity contribution in [1.82, 2.24) is 15.3 Å². The number of ether oxygens (including phenoxy) is 2. The van der Waals surface area contributed by atoms with Crippen molar-refractivity contribution >= 4 is 17.5 Å². The number of hydrogen-bond acceptors (Lipinski definition) is 5. The number of carbonyl (C=O) groups is 1. The van der Waals surface area contributed by atoms with Crippen LogP contribution in [0.2, 0.25) is 5.02 Å². The van der Waals surface area contributed by atoms with Gasteiger partial charge in [0.2, 0.25) is 5.88 Å². The number of hydrogen-bond donors (Lipinski definition) is 1. The summed E-state index contributed by atoms with van der Waals surface area (Å²) in [6.45, 7) is 1.60. The van der Waals surface area contributed by atoms with Gasteiger partial charge in [-0.2, -0.15) is 0 Å². The molecule has 1 aliphatic heterocycles. The fourth-order valence-electron chi connectivity index (χ4n) is 2.19. The SMILES string of the molecule is O=C(NCc1cccnc1)c1cnc(OC2CCOC2)c(Cl)c1. The summed E-state index contributed by atoms with van der Waals surface area (Å²) in [5, 5.41) is 3.11. The van der Waals surface area contributed by atoms with E-state index >= 15 is 0 Å². The van der Waals surface area contributed by atoms with E-state index in [-0.39, 0.29) is 12.0 Å². The van der Waals surface area contributed by atoms with Gasteiger partial charge in [0.1, 0.15) is 11.1 Å². The molecule has 3 rings (SSSR count).